The van der Waals surface area contributed by atoms with Gasteiger partial charge in [0.25, 0.3) is 5.91 Å². The van der Waals surface area contributed by atoms with E-state index in [1.54, 1.807) is 11.1 Å². The number of hydrogen-bond acceptors (Lipinski definition) is 9. The number of phenolic OH excluding ortho intramolecular Hbond substituents is 1. The third kappa shape index (κ3) is 5.06. The van der Waals surface area contributed by atoms with Gasteiger partial charge in [-0.1, -0.05) is 0 Å². The van der Waals surface area contributed by atoms with E-state index >= 15 is 0 Å². The number of benzene rings is 1. The van der Waals surface area contributed by atoms with Crippen LogP contribution in [0.25, 0.3) is 0 Å². The summed E-state index contributed by atoms with van der Waals surface area (Å²) >= 11 is 0. The van der Waals surface area contributed by atoms with Crippen molar-refractivity contribution < 1.29 is 33.7 Å². The van der Waals surface area contributed by atoms with E-state index < -0.39 is 12.5 Å². The zero-order valence-electron chi connectivity index (χ0n) is 20.8. The molecule has 2 bridgehead atoms. The molecule has 0 spiro atoms. The third-order valence-corrected chi connectivity index (χ3v) is 7.54. The number of nitrogens with one attached hydrogen (secondary N) is 2. The van der Waals surface area contributed by atoms with E-state index in [1.165, 1.54) is 19.2 Å². The first-order chi connectivity index (χ1) is 17.9. The van der Waals surface area contributed by atoms with Crippen molar-refractivity contribution in [2.75, 3.05) is 26.1 Å². The van der Waals surface area contributed by atoms with E-state index in [4.69, 9.17) is 14.2 Å². The van der Waals surface area contributed by atoms with Crippen molar-refractivity contribution in [3.8, 4) is 17.2 Å². The number of ether oxygens (including phenoxy) is 3. The first kappa shape index (κ1) is 24.9. The summed E-state index contributed by atoms with van der Waals surface area (Å²) in [6.07, 6.45) is 5.50. The third-order valence-electron chi connectivity index (χ3n) is 7.54. The summed E-state index contributed by atoms with van der Waals surface area (Å²) in [6, 6.07) is 5.15. The molecule has 0 radical (unpaired) electrons. The standard InChI is InChI=1S/C25H31N5O7/c1-29-15-4-5-16(8-15)30(29)25(34)37-17-6-3-14(7-17)20-11-23(28-27-20)26-24(33)13-36-22-10-18(35-2)9-21(32)19(22)12-31/h9-12,14-17,32H,3-8,13H2,1-2H3,(H2,26,27,28,33)/t14-,15?,16?,17+/m0/s1. The molecule has 2 aliphatic carbocycles. The molecule has 1 saturated heterocycles. The Morgan fingerprint density at radius 2 is 2.00 bits per heavy atom. The number of amides is 2. The zero-order chi connectivity index (χ0) is 26.1. The van der Waals surface area contributed by atoms with Gasteiger partial charge in [-0.25, -0.2) is 14.8 Å². The topological polar surface area (TPSA) is 146 Å². The number of anilines is 1. The Balaban J connectivity index is 1.12. The Kier molecular flexibility index (Phi) is 6.92. The van der Waals surface area contributed by atoms with Gasteiger partial charge in [0.1, 0.15) is 23.4 Å². The predicted octanol–water partition coefficient (Wildman–Crippen LogP) is 2.81. The lowest BCUT2D eigenvalue weighted by Gasteiger charge is -2.35. The maximum atomic E-state index is 12.8. The summed E-state index contributed by atoms with van der Waals surface area (Å²) < 4.78 is 16.3. The molecule has 37 heavy (non-hydrogen) atoms. The summed E-state index contributed by atoms with van der Waals surface area (Å²) in [6.45, 7) is -0.399. The van der Waals surface area contributed by atoms with Gasteiger partial charge in [-0.05, 0) is 38.5 Å². The molecule has 12 heteroatoms. The second-order valence-corrected chi connectivity index (χ2v) is 9.78. The van der Waals surface area contributed by atoms with Crippen LogP contribution in [0.3, 0.4) is 0 Å². The lowest BCUT2D eigenvalue weighted by molar-refractivity contribution is -0.118. The summed E-state index contributed by atoms with van der Waals surface area (Å²) in [4.78, 5) is 36.4. The Morgan fingerprint density at radius 1 is 1.19 bits per heavy atom. The molecule has 3 aliphatic rings. The predicted molar refractivity (Wildman–Crippen MR) is 131 cm³/mol. The van der Waals surface area contributed by atoms with Crippen LogP contribution in [0.2, 0.25) is 0 Å². The maximum absolute atomic E-state index is 12.8. The van der Waals surface area contributed by atoms with Gasteiger partial charge in [-0.3, -0.25) is 14.7 Å². The molecule has 2 amide bonds. The molecule has 3 N–H and O–H groups in total. The van der Waals surface area contributed by atoms with Crippen molar-refractivity contribution in [1.82, 2.24) is 20.2 Å². The quantitative estimate of drug-likeness (QED) is 0.454. The minimum absolute atomic E-state index is 0.0317. The highest BCUT2D eigenvalue weighted by Gasteiger charge is 2.46. The van der Waals surface area contributed by atoms with E-state index in [-0.39, 0.29) is 47.0 Å². The lowest BCUT2D eigenvalue weighted by Crippen LogP contribution is -2.49. The number of aromatic hydroxyl groups is 1. The summed E-state index contributed by atoms with van der Waals surface area (Å²) in [5.74, 6) is -0.000901. The van der Waals surface area contributed by atoms with Gasteiger partial charge in [0.15, 0.2) is 18.7 Å². The smallest absolute Gasteiger partial charge is 0.424 e. The number of carbonyl (C=O) groups is 3. The molecule has 1 aromatic carbocycles. The number of fused-ring (bicyclic) bond motifs is 2. The fraction of sp³-hybridized carbons (Fsp3) is 0.520. The van der Waals surface area contributed by atoms with Gasteiger partial charge >= 0.3 is 6.09 Å². The molecule has 2 saturated carbocycles. The number of phenols is 1. The number of hydrazine groups is 1. The number of carbonyl (C=O) groups excluding carboxylic acids is 3. The number of H-pyrrole nitrogens is 1. The van der Waals surface area contributed by atoms with Crippen LogP contribution in [-0.4, -0.2) is 82.6 Å². The van der Waals surface area contributed by atoms with Crippen molar-refractivity contribution in [1.29, 1.82) is 0 Å². The minimum Gasteiger partial charge on any atom is -0.507 e. The van der Waals surface area contributed by atoms with E-state index in [0.29, 0.717) is 24.6 Å². The van der Waals surface area contributed by atoms with Crippen molar-refractivity contribution in [3.63, 3.8) is 0 Å². The van der Waals surface area contributed by atoms with Crippen LogP contribution in [0.4, 0.5) is 10.6 Å². The van der Waals surface area contributed by atoms with E-state index in [0.717, 1.165) is 37.8 Å². The van der Waals surface area contributed by atoms with Gasteiger partial charge in [-0.15, -0.1) is 0 Å². The molecule has 5 rings (SSSR count). The lowest BCUT2D eigenvalue weighted by atomic mass is 10.0. The van der Waals surface area contributed by atoms with Crippen LogP contribution < -0.4 is 14.8 Å². The number of aromatic amines is 1. The Bertz CT molecular complexity index is 1180. The van der Waals surface area contributed by atoms with Crippen LogP contribution in [-0.2, 0) is 9.53 Å². The molecular weight excluding hydrogens is 482 g/mol. The highest BCUT2D eigenvalue weighted by molar-refractivity contribution is 5.91. The number of rotatable bonds is 8. The van der Waals surface area contributed by atoms with Crippen molar-refractivity contribution in [2.24, 2.45) is 0 Å². The number of aromatic nitrogens is 2. The maximum Gasteiger partial charge on any atom is 0.424 e. The zero-order valence-corrected chi connectivity index (χ0v) is 20.8. The average molecular weight is 514 g/mol. The molecule has 12 nitrogen and oxygen atoms in total. The van der Waals surface area contributed by atoms with Crippen molar-refractivity contribution >= 4 is 24.1 Å². The second kappa shape index (κ2) is 10.3. The molecule has 1 aromatic heterocycles. The molecule has 4 atom stereocenters. The van der Waals surface area contributed by atoms with Gasteiger partial charge in [0, 0.05) is 42.9 Å². The van der Waals surface area contributed by atoms with Crippen LogP contribution in [0, 0.1) is 0 Å². The fourth-order valence-electron chi connectivity index (χ4n) is 5.61. The minimum atomic E-state index is -0.487. The monoisotopic (exact) mass is 513 g/mol. The first-order valence-electron chi connectivity index (χ1n) is 12.4. The highest BCUT2D eigenvalue weighted by atomic mass is 16.6. The Hall–Kier alpha value is -3.80. The van der Waals surface area contributed by atoms with Crippen LogP contribution in [0.15, 0.2) is 18.2 Å². The van der Waals surface area contributed by atoms with Gasteiger partial charge in [0.05, 0.1) is 18.7 Å². The van der Waals surface area contributed by atoms with Gasteiger partial charge in [-0.2, -0.15) is 5.10 Å². The SMILES string of the molecule is COc1cc(O)c(C=O)c(OCC(=O)Nc2cc([C@H]3CC[C@@H](OC(=O)N4C5CCC(C5)N4C)C3)[nH]n2)c1. The highest BCUT2D eigenvalue weighted by Crippen LogP contribution is 2.39. The van der Waals surface area contributed by atoms with Crippen LogP contribution in [0.5, 0.6) is 17.2 Å². The van der Waals surface area contributed by atoms with E-state index in [1.807, 2.05) is 12.1 Å². The number of aldehydes is 1. The normalized spacial score (nSPS) is 24.8. The molecule has 1 aliphatic heterocycles. The van der Waals surface area contributed by atoms with Crippen molar-refractivity contribution in [3.05, 3.63) is 29.5 Å². The summed E-state index contributed by atoms with van der Waals surface area (Å²) in [5, 5.41) is 23.5. The Labute approximate surface area is 213 Å². The van der Waals surface area contributed by atoms with Crippen LogP contribution >= 0.6 is 0 Å². The number of hydrogen-bond donors (Lipinski definition) is 3. The summed E-state index contributed by atoms with van der Waals surface area (Å²) in [7, 11) is 3.36. The first-order valence-corrected chi connectivity index (χ1v) is 12.4. The molecule has 198 valence electrons. The van der Waals surface area contributed by atoms with Gasteiger partial charge < -0.3 is 24.6 Å². The number of nitrogens with zero attached hydrogens (tertiary/aromatic N) is 3. The largest absolute Gasteiger partial charge is 0.507 e. The Morgan fingerprint density at radius 3 is 2.73 bits per heavy atom. The summed E-state index contributed by atoms with van der Waals surface area (Å²) in [5.41, 5.74) is 0.782. The molecule has 3 fully saturated rings. The second-order valence-electron chi connectivity index (χ2n) is 9.78. The van der Waals surface area contributed by atoms with Crippen molar-refractivity contribution in [2.45, 2.75) is 62.6 Å². The molecule has 2 heterocycles. The van der Waals surface area contributed by atoms with Crippen LogP contribution in [0.1, 0.15) is 60.5 Å². The molecular formula is C25H31N5O7. The molecule has 2 aromatic rings. The molecule has 2 unspecified atom stereocenters. The number of methoxy groups -OCH3 is 1. The van der Waals surface area contributed by atoms with E-state index in [9.17, 15) is 19.5 Å². The van der Waals surface area contributed by atoms with Gasteiger partial charge in [0.2, 0.25) is 0 Å². The van der Waals surface area contributed by atoms with E-state index in [2.05, 4.69) is 15.5 Å². The average Bonchev–Trinajstić information content (AvgIpc) is 3.67. The fourth-order valence-corrected chi connectivity index (χ4v) is 5.61.